The van der Waals surface area contributed by atoms with E-state index in [1.165, 1.54) is 0 Å². The van der Waals surface area contributed by atoms with Crippen molar-refractivity contribution < 1.29 is 14.6 Å². The maximum absolute atomic E-state index is 12.3. The van der Waals surface area contributed by atoms with E-state index >= 15 is 0 Å². The third-order valence-electron chi connectivity index (χ3n) is 3.44. The molecule has 0 saturated carbocycles. The van der Waals surface area contributed by atoms with Crippen LogP contribution in [0.5, 0.6) is 0 Å². The average Bonchev–Trinajstić information content (AvgIpc) is 2.65. The Hall–Kier alpha value is -1.65. The predicted molar refractivity (Wildman–Crippen MR) is 79.3 cm³/mol. The summed E-state index contributed by atoms with van der Waals surface area (Å²) in [6.45, 7) is 4.12. The Bertz CT molecular complexity index is 506. The van der Waals surface area contributed by atoms with Gasteiger partial charge in [0.05, 0.1) is 18.6 Å². The van der Waals surface area contributed by atoms with Gasteiger partial charge in [-0.3, -0.25) is 0 Å². The van der Waals surface area contributed by atoms with Gasteiger partial charge in [0.2, 0.25) is 0 Å². The number of ether oxygens (including phenoxy) is 1. The summed E-state index contributed by atoms with van der Waals surface area (Å²) in [6, 6.07) is 9.87. The lowest BCUT2D eigenvalue weighted by Gasteiger charge is -2.23. The van der Waals surface area contributed by atoms with E-state index in [2.05, 4.69) is 0 Å². The molecule has 1 aliphatic rings. The summed E-state index contributed by atoms with van der Waals surface area (Å²) in [6.07, 6.45) is 3.91. The third kappa shape index (κ3) is 3.26. The van der Waals surface area contributed by atoms with E-state index in [1.54, 1.807) is 0 Å². The molecule has 0 bridgehead atoms. The number of hydrogen-bond donors (Lipinski definition) is 1. The molecule has 1 heterocycles. The minimum absolute atomic E-state index is 0.0738. The zero-order valence-electron chi connectivity index (χ0n) is 12.0. The van der Waals surface area contributed by atoms with E-state index in [9.17, 15) is 5.21 Å². The van der Waals surface area contributed by atoms with Crippen LogP contribution in [0.15, 0.2) is 36.4 Å². The molecule has 1 aromatic rings. The molecule has 0 aliphatic carbocycles. The van der Waals surface area contributed by atoms with E-state index < -0.39 is 6.23 Å². The Morgan fingerprint density at radius 1 is 1.35 bits per heavy atom. The number of hydrogen-bond acceptors (Lipinski definition) is 3. The van der Waals surface area contributed by atoms with Gasteiger partial charge in [-0.2, -0.15) is 4.74 Å². The molecule has 0 saturated heterocycles. The van der Waals surface area contributed by atoms with Gasteiger partial charge in [-0.1, -0.05) is 44.2 Å². The summed E-state index contributed by atoms with van der Waals surface area (Å²) in [5, 5.41) is 21.1. The van der Waals surface area contributed by atoms with Gasteiger partial charge >= 0.3 is 0 Å². The van der Waals surface area contributed by atoms with Crippen molar-refractivity contribution in [1.82, 2.24) is 0 Å². The van der Waals surface area contributed by atoms with Gasteiger partial charge in [0.25, 0.3) is 6.23 Å². The van der Waals surface area contributed by atoms with Crippen molar-refractivity contribution in [3.8, 4) is 0 Å². The summed E-state index contributed by atoms with van der Waals surface area (Å²) in [5.74, 6) is 0. The fourth-order valence-corrected chi connectivity index (χ4v) is 2.45. The molecule has 108 valence electrons. The van der Waals surface area contributed by atoms with Crippen LogP contribution >= 0.6 is 0 Å². The SMILES string of the molecule is CC1(C)CC(/C=C/c2ccccc2)=[N+]([O-])C1OCCO. The molecule has 0 amide bonds. The highest BCUT2D eigenvalue weighted by molar-refractivity contribution is 5.95. The highest BCUT2D eigenvalue weighted by Gasteiger charge is 2.45. The second-order valence-electron chi connectivity index (χ2n) is 5.67. The topological polar surface area (TPSA) is 55.5 Å². The van der Waals surface area contributed by atoms with Gasteiger partial charge in [0, 0.05) is 12.5 Å². The molecule has 0 fully saturated rings. The summed E-state index contributed by atoms with van der Waals surface area (Å²) in [7, 11) is 0. The first-order valence-corrected chi connectivity index (χ1v) is 6.82. The van der Waals surface area contributed by atoms with Crippen molar-refractivity contribution >= 4 is 11.8 Å². The van der Waals surface area contributed by atoms with Crippen molar-refractivity contribution in [1.29, 1.82) is 0 Å². The highest BCUT2D eigenvalue weighted by Crippen LogP contribution is 2.34. The van der Waals surface area contributed by atoms with Gasteiger partial charge in [-0.25, -0.2) is 0 Å². The van der Waals surface area contributed by atoms with Crippen LogP contribution in [-0.2, 0) is 4.74 Å². The molecule has 20 heavy (non-hydrogen) atoms. The fraction of sp³-hybridized carbons (Fsp3) is 0.438. The predicted octanol–water partition coefficient (Wildman–Crippen LogP) is 2.42. The number of allylic oxidation sites excluding steroid dienone is 1. The van der Waals surface area contributed by atoms with Crippen molar-refractivity contribution in [3.05, 3.63) is 47.2 Å². The van der Waals surface area contributed by atoms with Gasteiger partial charge in [-0.05, 0) is 11.6 Å². The lowest BCUT2D eigenvalue weighted by atomic mass is 9.88. The number of hydroxylamine groups is 1. The summed E-state index contributed by atoms with van der Waals surface area (Å²) < 4.78 is 6.40. The molecule has 1 aliphatic heterocycles. The fourth-order valence-electron chi connectivity index (χ4n) is 2.45. The standard InChI is InChI=1S/C16H21NO3/c1-16(2)12-14(17(19)15(16)20-11-10-18)9-8-13-6-4-3-5-7-13/h3-9,15,18H,10-12H2,1-2H3/b9-8+. The van der Waals surface area contributed by atoms with Crippen LogP contribution in [-0.4, -0.2) is 35.0 Å². The lowest BCUT2D eigenvalue weighted by Crippen LogP contribution is -2.34. The maximum Gasteiger partial charge on any atom is 0.273 e. The first-order valence-electron chi connectivity index (χ1n) is 6.82. The van der Waals surface area contributed by atoms with Crippen molar-refractivity contribution in [3.63, 3.8) is 0 Å². The number of aliphatic hydroxyl groups excluding tert-OH is 1. The molecule has 0 aromatic heterocycles. The molecule has 1 unspecified atom stereocenters. The van der Waals surface area contributed by atoms with Crippen LogP contribution in [0.2, 0.25) is 0 Å². The molecule has 0 radical (unpaired) electrons. The molecular weight excluding hydrogens is 254 g/mol. The zero-order valence-corrected chi connectivity index (χ0v) is 12.0. The molecule has 1 atom stereocenters. The van der Waals surface area contributed by atoms with E-state index in [0.717, 1.165) is 10.3 Å². The molecule has 4 nitrogen and oxygen atoms in total. The Balaban J connectivity index is 2.15. The first-order chi connectivity index (χ1) is 9.54. The Labute approximate surface area is 119 Å². The van der Waals surface area contributed by atoms with E-state index in [4.69, 9.17) is 9.84 Å². The number of nitrogens with zero attached hydrogens (tertiary/aromatic N) is 1. The molecule has 1 aromatic carbocycles. The number of rotatable bonds is 5. The number of benzene rings is 1. The van der Waals surface area contributed by atoms with Crippen molar-refractivity contribution in [2.24, 2.45) is 5.41 Å². The van der Waals surface area contributed by atoms with E-state index in [1.807, 2.05) is 56.3 Å². The molecule has 1 N–H and O–H groups in total. The van der Waals surface area contributed by atoms with Crippen LogP contribution in [0.3, 0.4) is 0 Å². The third-order valence-corrected chi connectivity index (χ3v) is 3.44. The minimum atomic E-state index is -0.537. The monoisotopic (exact) mass is 275 g/mol. The Kier molecular flexibility index (Phi) is 4.57. The van der Waals surface area contributed by atoms with Crippen LogP contribution in [0.1, 0.15) is 25.8 Å². The van der Waals surface area contributed by atoms with Crippen molar-refractivity contribution in [2.75, 3.05) is 13.2 Å². The Morgan fingerprint density at radius 2 is 2.05 bits per heavy atom. The Morgan fingerprint density at radius 3 is 2.70 bits per heavy atom. The van der Waals surface area contributed by atoms with Gasteiger partial charge in [0.15, 0.2) is 5.71 Å². The lowest BCUT2D eigenvalue weighted by molar-refractivity contribution is -0.564. The van der Waals surface area contributed by atoms with Crippen LogP contribution < -0.4 is 0 Å². The minimum Gasteiger partial charge on any atom is -0.622 e. The van der Waals surface area contributed by atoms with Crippen molar-refractivity contribution in [2.45, 2.75) is 26.5 Å². The quantitative estimate of drug-likeness (QED) is 0.663. The van der Waals surface area contributed by atoms with E-state index in [-0.39, 0.29) is 18.6 Å². The highest BCUT2D eigenvalue weighted by atomic mass is 16.6. The smallest absolute Gasteiger partial charge is 0.273 e. The van der Waals surface area contributed by atoms with Crippen LogP contribution in [0.4, 0.5) is 0 Å². The van der Waals surface area contributed by atoms with Gasteiger partial charge < -0.3 is 15.1 Å². The second-order valence-corrected chi connectivity index (χ2v) is 5.67. The maximum atomic E-state index is 12.3. The number of aliphatic hydroxyl groups is 1. The van der Waals surface area contributed by atoms with Crippen LogP contribution in [0.25, 0.3) is 6.08 Å². The first kappa shape index (κ1) is 14.8. The molecule has 2 rings (SSSR count). The zero-order chi connectivity index (χ0) is 14.6. The molecule has 0 spiro atoms. The molecule has 4 heteroatoms. The van der Waals surface area contributed by atoms with Gasteiger partial charge in [0.1, 0.15) is 0 Å². The second kappa shape index (κ2) is 6.20. The summed E-state index contributed by atoms with van der Waals surface area (Å²) in [5.41, 5.74) is 1.51. The largest absolute Gasteiger partial charge is 0.622 e. The van der Waals surface area contributed by atoms with Gasteiger partial charge in [-0.15, -0.1) is 0 Å². The molecular formula is C16H21NO3. The van der Waals surface area contributed by atoms with Crippen LogP contribution in [0, 0.1) is 10.6 Å². The summed E-state index contributed by atoms with van der Waals surface area (Å²) in [4.78, 5) is 0. The normalized spacial score (nSPS) is 21.9. The average molecular weight is 275 g/mol. The summed E-state index contributed by atoms with van der Waals surface area (Å²) >= 11 is 0. The van der Waals surface area contributed by atoms with E-state index in [0.29, 0.717) is 12.1 Å².